The molecule has 1 fully saturated rings. The Morgan fingerprint density at radius 1 is 1.28 bits per heavy atom. The van der Waals surface area contributed by atoms with Crippen molar-refractivity contribution in [3.05, 3.63) is 34.9 Å². The summed E-state index contributed by atoms with van der Waals surface area (Å²) in [5.74, 6) is -0.404. The van der Waals surface area contributed by atoms with Crippen LogP contribution in [0.2, 0.25) is 5.02 Å². The number of hydrogen-bond donors (Lipinski definition) is 1. The highest BCUT2D eigenvalue weighted by molar-refractivity contribution is 6.30. The van der Waals surface area contributed by atoms with E-state index in [2.05, 4.69) is 5.43 Å². The van der Waals surface area contributed by atoms with E-state index in [1.807, 2.05) is 0 Å². The van der Waals surface area contributed by atoms with Gasteiger partial charge in [0.25, 0.3) is 0 Å². The molecule has 1 aliphatic rings. The molecular weight excluding hydrogens is 269 g/mol. The highest BCUT2D eigenvalue weighted by Gasteiger charge is 2.46. The van der Waals surface area contributed by atoms with Crippen LogP contribution in [0.15, 0.2) is 24.3 Å². The number of rotatable bonds is 2. The number of carbonyl (C=O) groups is 1. The first-order valence-electron chi connectivity index (χ1n) is 5.26. The Kier molecular flexibility index (Phi) is 3.49. The standard InChI is InChI=1S/C11H10ClF3N2O/c12-8-3-1-7(2-4-8)10(11(13,14)15)17-6-5-9(18)16-17/h1-4,10H,5-6H2,(H,16,18)/t10-/m0/s1. The van der Waals surface area contributed by atoms with E-state index in [0.717, 1.165) is 5.01 Å². The maximum absolute atomic E-state index is 13.1. The average Bonchev–Trinajstić information content (AvgIpc) is 2.66. The van der Waals surface area contributed by atoms with E-state index in [1.54, 1.807) is 0 Å². The topological polar surface area (TPSA) is 32.3 Å². The number of amides is 1. The van der Waals surface area contributed by atoms with Crippen LogP contribution in [-0.4, -0.2) is 23.6 Å². The molecule has 98 valence electrons. The lowest BCUT2D eigenvalue weighted by molar-refractivity contribution is -0.191. The predicted molar refractivity (Wildman–Crippen MR) is 59.7 cm³/mol. The zero-order chi connectivity index (χ0) is 13.3. The van der Waals surface area contributed by atoms with Gasteiger partial charge < -0.3 is 0 Å². The molecule has 1 aromatic rings. The molecule has 0 aromatic heterocycles. The van der Waals surface area contributed by atoms with Crippen molar-refractivity contribution >= 4 is 17.5 Å². The van der Waals surface area contributed by atoms with Crippen molar-refractivity contribution in [1.82, 2.24) is 10.4 Å². The number of halogens is 4. The number of hydrogen-bond acceptors (Lipinski definition) is 2. The van der Waals surface area contributed by atoms with Gasteiger partial charge in [-0.2, -0.15) is 13.2 Å². The molecule has 1 heterocycles. The average molecular weight is 279 g/mol. The summed E-state index contributed by atoms with van der Waals surface area (Å²) in [6, 6.07) is 3.57. The molecule has 2 rings (SSSR count). The summed E-state index contributed by atoms with van der Waals surface area (Å²) in [5.41, 5.74) is 2.27. The molecule has 1 N–H and O–H groups in total. The third kappa shape index (κ3) is 2.76. The van der Waals surface area contributed by atoms with Crippen LogP contribution in [-0.2, 0) is 4.79 Å². The molecule has 1 amide bonds. The molecule has 0 bridgehead atoms. The third-order valence-corrected chi connectivity index (χ3v) is 2.91. The van der Waals surface area contributed by atoms with Crippen LogP contribution in [0.4, 0.5) is 13.2 Å². The number of alkyl halides is 3. The minimum absolute atomic E-state index is 0.0334. The third-order valence-electron chi connectivity index (χ3n) is 2.66. The van der Waals surface area contributed by atoms with Crippen LogP contribution in [0.5, 0.6) is 0 Å². The van der Waals surface area contributed by atoms with Crippen molar-refractivity contribution < 1.29 is 18.0 Å². The lowest BCUT2D eigenvalue weighted by atomic mass is 10.1. The second-order valence-electron chi connectivity index (χ2n) is 3.97. The number of hydrazine groups is 1. The van der Waals surface area contributed by atoms with E-state index in [0.29, 0.717) is 5.02 Å². The maximum atomic E-state index is 13.1. The van der Waals surface area contributed by atoms with Crippen LogP contribution in [0.1, 0.15) is 18.0 Å². The van der Waals surface area contributed by atoms with Gasteiger partial charge in [-0.3, -0.25) is 10.2 Å². The summed E-state index contributed by atoms with van der Waals surface area (Å²) in [6.07, 6.45) is -4.40. The lowest BCUT2D eigenvalue weighted by Gasteiger charge is -2.29. The number of benzene rings is 1. The molecule has 0 radical (unpaired) electrons. The minimum atomic E-state index is -4.47. The van der Waals surface area contributed by atoms with Gasteiger partial charge in [-0.1, -0.05) is 23.7 Å². The second kappa shape index (κ2) is 4.78. The summed E-state index contributed by atoms with van der Waals surface area (Å²) < 4.78 is 39.2. The van der Waals surface area contributed by atoms with Crippen molar-refractivity contribution in [2.75, 3.05) is 6.54 Å². The van der Waals surface area contributed by atoms with Crippen LogP contribution < -0.4 is 5.43 Å². The molecule has 0 aliphatic carbocycles. The SMILES string of the molecule is O=C1CCN([C@@H](c2ccc(Cl)cc2)C(F)(F)F)N1. The van der Waals surface area contributed by atoms with Crippen molar-refractivity contribution in [3.8, 4) is 0 Å². The molecule has 1 saturated heterocycles. The fourth-order valence-electron chi connectivity index (χ4n) is 1.88. The zero-order valence-corrected chi connectivity index (χ0v) is 9.92. The Morgan fingerprint density at radius 2 is 1.89 bits per heavy atom. The van der Waals surface area contributed by atoms with E-state index < -0.39 is 18.1 Å². The molecule has 1 atom stereocenters. The smallest absolute Gasteiger partial charge is 0.288 e. The fraction of sp³-hybridized carbons (Fsp3) is 0.364. The Bertz CT molecular complexity index is 447. The monoisotopic (exact) mass is 278 g/mol. The van der Waals surface area contributed by atoms with Gasteiger partial charge in [-0.15, -0.1) is 0 Å². The summed E-state index contributed by atoms with van der Waals surface area (Å²) in [4.78, 5) is 11.0. The largest absolute Gasteiger partial charge is 0.409 e. The summed E-state index contributed by atoms with van der Waals surface area (Å²) in [6.45, 7) is 0.0334. The number of nitrogens with zero attached hydrogens (tertiary/aromatic N) is 1. The molecule has 1 aliphatic heterocycles. The van der Waals surface area contributed by atoms with Crippen LogP contribution in [0.25, 0.3) is 0 Å². The zero-order valence-electron chi connectivity index (χ0n) is 9.17. The van der Waals surface area contributed by atoms with Gasteiger partial charge in [0, 0.05) is 18.0 Å². The molecule has 1 aromatic carbocycles. The van der Waals surface area contributed by atoms with E-state index in [9.17, 15) is 18.0 Å². The Labute approximate surface area is 106 Å². The summed E-state index contributed by atoms with van der Waals surface area (Å²) >= 11 is 5.65. The van der Waals surface area contributed by atoms with Gasteiger partial charge in [-0.05, 0) is 17.7 Å². The molecule has 18 heavy (non-hydrogen) atoms. The van der Waals surface area contributed by atoms with Gasteiger partial charge >= 0.3 is 6.18 Å². The fourth-order valence-corrected chi connectivity index (χ4v) is 2.00. The first-order valence-corrected chi connectivity index (χ1v) is 5.64. The highest BCUT2D eigenvalue weighted by atomic mass is 35.5. The Hall–Kier alpha value is -1.27. The van der Waals surface area contributed by atoms with Crippen molar-refractivity contribution in [3.63, 3.8) is 0 Å². The maximum Gasteiger partial charge on any atom is 0.409 e. The van der Waals surface area contributed by atoms with Crippen molar-refractivity contribution in [2.24, 2.45) is 0 Å². The molecule has 0 spiro atoms. The van der Waals surface area contributed by atoms with Crippen molar-refractivity contribution in [1.29, 1.82) is 0 Å². The van der Waals surface area contributed by atoms with E-state index in [1.165, 1.54) is 24.3 Å². The highest BCUT2D eigenvalue weighted by Crippen LogP contribution is 2.38. The molecule has 0 unspecified atom stereocenters. The molecule has 7 heteroatoms. The Morgan fingerprint density at radius 3 is 2.33 bits per heavy atom. The van der Waals surface area contributed by atoms with E-state index in [-0.39, 0.29) is 18.5 Å². The first-order chi connectivity index (χ1) is 8.38. The molecular formula is C11H10ClF3N2O. The lowest BCUT2D eigenvalue weighted by Crippen LogP contribution is -2.43. The summed E-state index contributed by atoms with van der Waals surface area (Å²) in [5, 5.41) is 1.27. The van der Waals surface area contributed by atoms with E-state index in [4.69, 9.17) is 11.6 Å². The van der Waals surface area contributed by atoms with Crippen LogP contribution >= 0.6 is 11.6 Å². The van der Waals surface area contributed by atoms with Crippen molar-refractivity contribution in [2.45, 2.75) is 18.6 Å². The van der Waals surface area contributed by atoms with Gasteiger partial charge in [-0.25, -0.2) is 5.01 Å². The molecule has 0 saturated carbocycles. The summed E-state index contributed by atoms with van der Waals surface area (Å²) in [7, 11) is 0. The number of nitrogens with one attached hydrogen (secondary N) is 1. The van der Waals surface area contributed by atoms with Crippen LogP contribution in [0.3, 0.4) is 0 Å². The Balaban J connectivity index is 2.31. The molecule has 3 nitrogen and oxygen atoms in total. The van der Waals surface area contributed by atoms with Gasteiger partial charge in [0.2, 0.25) is 5.91 Å². The predicted octanol–water partition coefficient (Wildman–Crippen LogP) is 2.68. The normalized spacial score (nSPS) is 18.8. The van der Waals surface area contributed by atoms with Gasteiger partial charge in [0.05, 0.1) is 0 Å². The van der Waals surface area contributed by atoms with E-state index >= 15 is 0 Å². The van der Waals surface area contributed by atoms with Gasteiger partial charge in [0.1, 0.15) is 6.04 Å². The quantitative estimate of drug-likeness (QED) is 0.902. The van der Waals surface area contributed by atoms with Crippen LogP contribution in [0, 0.1) is 0 Å². The second-order valence-corrected chi connectivity index (χ2v) is 4.41. The minimum Gasteiger partial charge on any atom is -0.288 e. The van der Waals surface area contributed by atoms with Gasteiger partial charge in [0.15, 0.2) is 0 Å². The number of carbonyl (C=O) groups excluding carboxylic acids is 1. The first kappa shape index (κ1) is 13.2.